The maximum absolute atomic E-state index is 10.7. The molecule has 2 aromatic rings. The molecular formula is C11H14N4O3. The first-order valence-electron chi connectivity index (χ1n) is 5.47. The van der Waals surface area contributed by atoms with Gasteiger partial charge in [-0.15, -0.1) is 0 Å². The van der Waals surface area contributed by atoms with Crippen molar-refractivity contribution in [2.45, 2.75) is 19.1 Å². The van der Waals surface area contributed by atoms with Gasteiger partial charge in [-0.3, -0.25) is 9.89 Å². The Morgan fingerprint density at radius 1 is 1.50 bits per heavy atom. The van der Waals surface area contributed by atoms with E-state index in [4.69, 9.17) is 0 Å². The third-order valence-corrected chi connectivity index (χ3v) is 2.58. The largest absolute Gasteiger partial charge is 0.388 e. The van der Waals surface area contributed by atoms with Crippen LogP contribution in [0.3, 0.4) is 0 Å². The highest BCUT2D eigenvalue weighted by Crippen LogP contribution is 2.19. The summed E-state index contributed by atoms with van der Waals surface area (Å²) in [5.41, 5.74) is 1.09. The molecule has 0 bridgehead atoms. The first-order chi connectivity index (χ1) is 8.58. The van der Waals surface area contributed by atoms with Gasteiger partial charge in [0.05, 0.1) is 6.20 Å². The number of carbonyl (C=O) groups excluding carboxylic acids is 1. The van der Waals surface area contributed by atoms with Gasteiger partial charge in [0.2, 0.25) is 5.91 Å². The molecule has 0 radical (unpaired) electrons. The number of aliphatic hydroxyl groups excluding tert-OH is 2. The van der Waals surface area contributed by atoms with Crippen molar-refractivity contribution in [3.05, 3.63) is 24.0 Å². The molecule has 0 saturated heterocycles. The molecule has 18 heavy (non-hydrogen) atoms. The van der Waals surface area contributed by atoms with Gasteiger partial charge in [0.1, 0.15) is 12.2 Å². The van der Waals surface area contributed by atoms with Gasteiger partial charge in [0, 0.05) is 30.6 Å². The van der Waals surface area contributed by atoms with Crippen molar-refractivity contribution in [1.82, 2.24) is 20.5 Å². The molecule has 0 spiro atoms. The number of H-pyrrole nitrogens is 1. The second-order valence-corrected chi connectivity index (χ2v) is 4.03. The first kappa shape index (κ1) is 12.5. The molecular weight excluding hydrogens is 236 g/mol. The number of nitrogens with one attached hydrogen (secondary N) is 2. The van der Waals surface area contributed by atoms with Crippen LogP contribution in [0.2, 0.25) is 0 Å². The molecule has 0 saturated carbocycles. The molecule has 0 aliphatic heterocycles. The third-order valence-electron chi connectivity index (χ3n) is 2.58. The molecule has 96 valence electrons. The lowest BCUT2D eigenvalue weighted by molar-refractivity contribution is -0.119. The van der Waals surface area contributed by atoms with E-state index in [1.54, 1.807) is 12.3 Å². The van der Waals surface area contributed by atoms with Crippen LogP contribution < -0.4 is 5.32 Å². The molecule has 2 rings (SSSR count). The molecule has 1 amide bonds. The van der Waals surface area contributed by atoms with Gasteiger partial charge in [-0.1, -0.05) is 0 Å². The van der Waals surface area contributed by atoms with Crippen LogP contribution in [-0.2, 0) is 4.79 Å². The van der Waals surface area contributed by atoms with Crippen molar-refractivity contribution in [2.75, 3.05) is 6.54 Å². The zero-order chi connectivity index (χ0) is 13.1. The first-order valence-corrected chi connectivity index (χ1v) is 5.47. The number of amides is 1. The molecule has 2 unspecified atom stereocenters. The van der Waals surface area contributed by atoms with Gasteiger partial charge in [-0.05, 0) is 6.07 Å². The number of aliphatic hydroxyl groups is 2. The van der Waals surface area contributed by atoms with Gasteiger partial charge in [-0.25, -0.2) is 4.98 Å². The van der Waals surface area contributed by atoms with Crippen LogP contribution in [0.1, 0.15) is 18.6 Å². The summed E-state index contributed by atoms with van der Waals surface area (Å²) in [5, 5.41) is 29.4. The SMILES string of the molecule is CC(=O)NCC(O)C(O)c1cnc2[nH]ncc2c1. The normalized spacial score (nSPS) is 14.4. The van der Waals surface area contributed by atoms with E-state index in [1.807, 2.05) is 0 Å². The fourth-order valence-corrected chi connectivity index (χ4v) is 1.60. The molecule has 0 fully saturated rings. The number of aromatic amines is 1. The number of aromatic nitrogens is 3. The summed E-state index contributed by atoms with van der Waals surface area (Å²) in [6, 6.07) is 1.69. The van der Waals surface area contributed by atoms with Crippen molar-refractivity contribution in [3.8, 4) is 0 Å². The molecule has 2 heterocycles. The number of rotatable bonds is 4. The summed E-state index contributed by atoms with van der Waals surface area (Å²) < 4.78 is 0. The van der Waals surface area contributed by atoms with E-state index in [-0.39, 0.29) is 12.5 Å². The lowest BCUT2D eigenvalue weighted by atomic mass is 10.1. The molecule has 4 N–H and O–H groups in total. The molecule has 0 aliphatic carbocycles. The monoisotopic (exact) mass is 250 g/mol. The van der Waals surface area contributed by atoms with Gasteiger partial charge < -0.3 is 15.5 Å². The van der Waals surface area contributed by atoms with Crippen molar-refractivity contribution < 1.29 is 15.0 Å². The highest BCUT2D eigenvalue weighted by atomic mass is 16.3. The van der Waals surface area contributed by atoms with E-state index in [0.717, 1.165) is 5.39 Å². The zero-order valence-electron chi connectivity index (χ0n) is 9.79. The Hall–Kier alpha value is -1.99. The Balaban J connectivity index is 2.11. The Labute approximate surface area is 103 Å². The van der Waals surface area contributed by atoms with E-state index in [2.05, 4.69) is 20.5 Å². The number of nitrogens with zero attached hydrogens (tertiary/aromatic N) is 2. The topological polar surface area (TPSA) is 111 Å². The molecule has 7 heteroatoms. The van der Waals surface area contributed by atoms with E-state index < -0.39 is 12.2 Å². The second kappa shape index (κ2) is 5.11. The minimum Gasteiger partial charge on any atom is -0.388 e. The van der Waals surface area contributed by atoms with Crippen LogP contribution in [0.15, 0.2) is 18.5 Å². The second-order valence-electron chi connectivity index (χ2n) is 4.03. The van der Waals surface area contributed by atoms with Gasteiger partial charge in [-0.2, -0.15) is 5.10 Å². The Kier molecular flexibility index (Phi) is 3.54. The summed E-state index contributed by atoms with van der Waals surface area (Å²) in [6.45, 7) is 1.33. The summed E-state index contributed by atoms with van der Waals surface area (Å²) >= 11 is 0. The maximum atomic E-state index is 10.7. The van der Waals surface area contributed by atoms with Crippen molar-refractivity contribution in [3.63, 3.8) is 0 Å². The van der Waals surface area contributed by atoms with Gasteiger partial charge in [0.25, 0.3) is 0 Å². The Morgan fingerprint density at radius 3 is 3.00 bits per heavy atom. The van der Waals surface area contributed by atoms with E-state index >= 15 is 0 Å². The average molecular weight is 250 g/mol. The lowest BCUT2D eigenvalue weighted by Crippen LogP contribution is -2.34. The zero-order valence-corrected chi connectivity index (χ0v) is 9.79. The number of pyridine rings is 1. The van der Waals surface area contributed by atoms with E-state index in [0.29, 0.717) is 11.2 Å². The standard InChI is InChI=1S/C11H14N4O3/c1-6(16)12-5-9(17)10(18)7-2-8-4-14-15-11(8)13-3-7/h2-4,9-10,17-18H,5H2,1H3,(H,12,16)(H,13,14,15). The predicted molar refractivity (Wildman–Crippen MR) is 63.5 cm³/mol. The highest BCUT2D eigenvalue weighted by Gasteiger charge is 2.19. The quantitative estimate of drug-likeness (QED) is 0.584. The van der Waals surface area contributed by atoms with Gasteiger partial charge in [0.15, 0.2) is 5.65 Å². The maximum Gasteiger partial charge on any atom is 0.216 e. The highest BCUT2D eigenvalue weighted by molar-refractivity contribution is 5.74. The minimum atomic E-state index is -1.11. The fraction of sp³-hybridized carbons (Fsp3) is 0.364. The van der Waals surface area contributed by atoms with Gasteiger partial charge >= 0.3 is 0 Å². The Morgan fingerprint density at radius 2 is 2.28 bits per heavy atom. The molecule has 0 aliphatic rings. The van der Waals surface area contributed by atoms with Crippen LogP contribution in [0.25, 0.3) is 11.0 Å². The predicted octanol–water partition coefficient (Wildman–Crippen LogP) is -0.512. The van der Waals surface area contributed by atoms with Crippen LogP contribution in [-0.4, -0.2) is 44.0 Å². The summed E-state index contributed by atoms with van der Waals surface area (Å²) in [7, 11) is 0. The molecule has 0 aromatic carbocycles. The summed E-state index contributed by atoms with van der Waals surface area (Å²) in [4.78, 5) is 14.8. The number of fused-ring (bicyclic) bond motifs is 1. The van der Waals surface area contributed by atoms with Crippen molar-refractivity contribution in [1.29, 1.82) is 0 Å². The number of carbonyl (C=O) groups is 1. The molecule has 2 atom stereocenters. The number of hydrogen-bond acceptors (Lipinski definition) is 5. The third kappa shape index (κ3) is 2.63. The van der Waals surface area contributed by atoms with E-state index in [9.17, 15) is 15.0 Å². The van der Waals surface area contributed by atoms with Crippen LogP contribution >= 0.6 is 0 Å². The van der Waals surface area contributed by atoms with Crippen LogP contribution in [0, 0.1) is 0 Å². The summed E-state index contributed by atoms with van der Waals surface area (Å²) in [5.74, 6) is -0.260. The smallest absolute Gasteiger partial charge is 0.216 e. The molecule has 7 nitrogen and oxygen atoms in total. The number of hydrogen-bond donors (Lipinski definition) is 4. The fourth-order valence-electron chi connectivity index (χ4n) is 1.60. The summed E-state index contributed by atoms with van der Waals surface area (Å²) in [6.07, 6.45) is 0.852. The van der Waals surface area contributed by atoms with Crippen LogP contribution in [0.5, 0.6) is 0 Å². The van der Waals surface area contributed by atoms with Crippen molar-refractivity contribution in [2.24, 2.45) is 0 Å². The molecule has 2 aromatic heterocycles. The minimum absolute atomic E-state index is 0.0140. The van der Waals surface area contributed by atoms with Crippen LogP contribution in [0.4, 0.5) is 0 Å². The van der Waals surface area contributed by atoms with E-state index in [1.165, 1.54) is 13.1 Å². The lowest BCUT2D eigenvalue weighted by Gasteiger charge is -2.17. The van der Waals surface area contributed by atoms with Crippen molar-refractivity contribution >= 4 is 16.9 Å². The Bertz CT molecular complexity index is 554. The average Bonchev–Trinajstić information content (AvgIpc) is 2.81.